The van der Waals surface area contributed by atoms with Crippen molar-refractivity contribution in [3.8, 4) is 11.5 Å². The van der Waals surface area contributed by atoms with E-state index in [-0.39, 0.29) is 24.0 Å². The van der Waals surface area contributed by atoms with Gasteiger partial charge >= 0.3 is 0 Å². The van der Waals surface area contributed by atoms with Gasteiger partial charge in [-0.1, -0.05) is 43.3 Å². The van der Waals surface area contributed by atoms with Crippen LogP contribution < -0.4 is 14.8 Å². The molecule has 0 heterocycles. The number of nitrogens with one attached hydrogen (secondary N) is 1. The van der Waals surface area contributed by atoms with E-state index in [1.165, 1.54) is 5.56 Å². The molecular formula is C21H30IN3O2. The van der Waals surface area contributed by atoms with E-state index in [2.05, 4.69) is 34.3 Å². The predicted octanol–water partition coefficient (Wildman–Crippen LogP) is 4.13. The standard InChI is InChI=1S/C21H29N3O2.HI/c1-16(18-11-7-9-13-20(18)26-5)14-23-21(22-2)24(3)15-17-10-6-8-12-19(17)25-4;/h6-13,16H,14-15H2,1-5H3,(H,22,23);1H. The Hall–Kier alpha value is -1.96. The Kier molecular flexibility index (Phi) is 9.99. The minimum absolute atomic E-state index is 0. The van der Waals surface area contributed by atoms with Gasteiger partial charge in [-0.25, -0.2) is 0 Å². The first-order chi connectivity index (χ1) is 12.6. The Morgan fingerprint density at radius 1 is 1.04 bits per heavy atom. The van der Waals surface area contributed by atoms with Crippen molar-refractivity contribution in [2.75, 3.05) is 34.9 Å². The van der Waals surface area contributed by atoms with Crippen LogP contribution in [0.4, 0.5) is 0 Å². The molecule has 0 radical (unpaired) electrons. The third-order valence-corrected chi connectivity index (χ3v) is 4.41. The van der Waals surface area contributed by atoms with Gasteiger partial charge in [-0.05, 0) is 17.7 Å². The van der Waals surface area contributed by atoms with Crippen molar-refractivity contribution in [2.24, 2.45) is 4.99 Å². The van der Waals surface area contributed by atoms with Crippen LogP contribution in [0.15, 0.2) is 53.5 Å². The molecule has 2 aromatic rings. The Balaban J connectivity index is 0.00000364. The van der Waals surface area contributed by atoms with Crippen LogP contribution >= 0.6 is 24.0 Å². The van der Waals surface area contributed by atoms with Gasteiger partial charge in [-0.2, -0.15) is 0 Å². The molecule has 27 heavy (non-hydrogen) atoms. The largest absolute Gasteiger partial charge is 0.496 e. The fourth-order valence-corrected chi connectivity index (χ4v) is 2.98. The number of halogens is 1. The van der Waals surface area contributed by atoms with Gasteiger partial charge < -0.3 is 19.7 Å². The van der Waals surface area contributed by atoms with E-state index in [1.54, 1.807) is 21.3 Å². The minimum Gasteiger partial charge on any atom is -0.496 e. The third kappa shape index (κ3) is 6.30. The van der Waals surface area contributed by atoms with Crippen molar-refractivity contribution in [3.63, 3.8) is 0 Å². The topological polar surface area (TPSA) is 46.1 Å². The van der Waals surface area contributed by atoms with Gasteiger partial charge in [0.05, 0.1) is 14.2 Å². The van der Waals surface area contributed by atoms with Crippen LogP contribution in [0.5, 0.6) is 11.5 Å². The van der Waals surface area contributed by atoms with Crippen LogP contribution in [-0.4, -0.2) is 45.7 Å². The quantitative estimate of drug-likeness (QED) is 0.366. The maximum absolute atomic E-state index is 5.47. The number of para-hydroxylation sites is 2. The zero-order valence-corrected chi connectivity index (χ0v) is 19.1. The molecule has 1 atom stereocenters. The number of ether oxygens (including phenoxy) is 2. The summed E-state index contributed by atoms with van der Waals surface area (Å²) in [6.45, 7) is 3.66. The summed E-state index contributed by atoms with van der Waals surface area (Å²) in [6.07, 6.45) is 0. The predicted molar refractivity (Wildman–Crippen MR) is 123 cm³/mol. The van der Waals surface area contributed by atoms with Crippen LogP contribution in [-0.2, 0) is 6.54 Å². The van der Waals surface area contributed by atoms with Crippen molar-refractivity contribution in [1.82, 2.24) is 10.2 Å². The number of aliphatic imine (C=N–C) groups is 1. The van der Waals surface area contributed by atoms with E-state index < -0.39 is 0 Å². The zero-order valence-electron chi connectivity index (χ0n) is 16.7. The number of nitrogens with zero attached hydrogens (tertiary/aromatic N) is 2. The van der Waals surface area contributed by atoms with E-state index >= 15 is 0 Å². The number of guanidine groups is 1. The Labute approximate surface area is 179 Å². The highest BCUT2D eigenvalue weighted by Crippen LogP contribution is 2.25. The summed E-state index contributed by atoms with van der Waals surface area (Å²) in [7, 11) is 7.23. The van der Waals surface area contributed by atoms with Crippen molar-refractivity contribution in [2.45, 2.75) is 19.4 Å². The number of benzene rings is 2. The van der Waals surface area contributed by atoms with Gasteiger partial charge in [0.2, 0.25) is 0 Å². The van der Waals surface area contributed by atoms with Crippen molar-refractivity contribution in [1.29, 1.82) is 0 Å². The van der Waals surface area contributed by atoms with Crippen molar-refractivity contribution in [3.05, 3.63) is 59.7 Å². The molecular weight excluding hydrogens is 453 g/mol. The van der Waals surface area contributed by atoms with Gasteiger partial charge in [-0.15, -0.1) is 24.0 Å². The van der Waals surface area contributed by atoms with E-state index in [4.69, 9.17) is 9.47 Å². The summed E-state index contributed by atoms with van der Waals surface area (Å²) >= 11 is 0. The second-order valence-electron chi connectivity index (χ2n) is 6.24. The molecule has 1 N–H and O–H groups in total. The lowest BCUT2D eigenvalue weighted by atomic mass is 10.0. The highest BCUT2D eigenvalue weighted by atomic mass is 127. The highest BCUT2D eigenvalue weighted by molar-refractivity contribution is 14.0. The molecule has 5 nitrogen and oxygen atoms in total. The van der Waals surface area contributed by atoms with Crippen LogP contribution in [0.3, 0.4) is 0 Å². The molecule has 2 aromatic carbocycles. The van der Waals surface area contributed by atoms with Crippen LogP contribution in [0, 0.1) is 0 Å². The molecule has 0 fully saturated rings. The molecule has 0 aliphatic rings. The smallest absolute Gasteiger partial charge is 0.193 e. The molecule has 0 aliphatic heterocycles. The normalized spacial score (nSPS) is 12.0. The lowest BCUT2D eigenvalue weighted by Crippen LogP contribution is -2.40. The first kappa shape index (κ1) is 23.1. The average Bonchev–Trinajstić information content (AvgIpc) is 2.68. The van der Waals surface area contributed by atoms with E-state index in [0.717, 1.165) is 29.6 Å². The van der Waals surface area contributed by atoms with Gasteiger partial charge in [-0.3, -0.25) is 4.99 Å². The molecule has 0 bridgehead atoms. The molecule has 148 valence electrons. The lowest BCUT2D eigenvalue weighted by molar-refractivity contribution is 0.395. The zero-order chi connectivity index (χ0) is 18.9. The first-order valence-corrected chi connectivity index (χ1v) is 8.77. The molecule has 0 aliphatic carbocycles. The SMILES string of the molecule is CN=C(NCC(C)c1ccccc1OC)N(C)Cc1ccccc1OC.I. The Morgan fingerprint density at radius 3 is 2.26 bits per heavy atom. The average molecular weight is 483 g/mol. The fraction of sp³-hybridized carbons (Fsp3) is 0.381. The van der Waals surface area contributed by atoms with Gasteiger partial charge in [0.15, 0.2) is 5.96 Å². The number of hydrogen-bond donors (Lipinski definition) is 1. The maximum atomic E-state index is 5.47. The lowest BCUT2D eigenvalue weighted by Gasteiger charge is -2.25. The van der Waals surface area contributed by atoms with Crippen LogP contribution in [0.1, 0.15) is 24.0 Å². The minimum atomic E-state index is 0. The van der Waals surface area contributed by atoms with Crippen LogP contribution in [0.2, 0.25) is 0 Å². The maximum Gasteiger partial charge on any atom is 0.193 e. The summed E-state index contributed by atoms with van der Waals surface area (Å²) in [5.41, 5.74) is 2.31. The molecule has 0 saturated carbocycles. The molecule has 6 heteroatoms. The number of rotatable bonds is 7. The Bertz CT molecular complexity index is 737. The second-order valence-corrected chi connectivity index (χ2v) is 6.24. The van der Waals surface area contributed by atoms with Crippen LogP contribution in [0.25, 0.3) is 0 Å². The summed E-state index contributed by atoms with van der Waals surface area (Å²) in [4.78, 5) is 6.50. The van der Waals surface area contributed by atoms with Gasteiger partial charge in [0.1, 0.15) is 11.5 Å². The summed E-state index contributed by atoms with van der Waals surface area (Å²) in [6, 6.07) is 16.2. The van der Waals surface area contributed by atoms with Gasteiger partial charge in [0, 0.05) is 38.7 Å². The molecule has 0 amide bonds. The molecule has 2 rings (SSSR count). The monoisotopic (exact) mass is 483 g/mol. The van der Waals surface area contributed by atoms with Crippen molar-refractivity contribution < 1.29 is 9.47 Å². The summed E-state index contributed by atoms with van der Waals surface area (Å²) in [5, 5.41) is 3.46. The highest BCUT2D eigenvalue weighted by Gasteiger charge is 2.14. The number of methoxy groups -OCH3 is 2. The first-order valence-electron chi connectivity index (χ1n) is 8.77. The van der Waals surface area contributed by atoms with E-state index in [9.17, 15) is 0 Å². The van der Waals surface area contributed by atoms with Gasteiger partial charge in [0.25, 0.3) is 0 Å². The molecule has 1 unspecified atom stereocenters. The summed E-state index contributed by atoms with van der Waals surface area (Å²) in [5.74, 6) is 2.94. The number of hydrogen-bond acceptors (Lipinski definition) is 3. The van der Waals surface area contributed by atoms with Crippen molar-refractivity contribution >= 4 is 29.9 Å². The fourth-order valence-electron chi connectivity index (χ4n) is 2.98. The molecule has 0 saturated heterocycles. The van der Waals surface area contributed by atoms with E-state index in [0.29, 0.717) is 12.5 Å². The molecule has 0 aromatic heterocycles. The second kappa shape index (κ2) is 11.7. The van der Waals surface area contributed by atoms with E-state index in [1.807, 2.05) is 43.4 Å². The Morgan fingerprint density at radius 2 is 1.63 bits per heavy atom. The summed E-state index contributed by atoms with van der Waals surface area (Å²) < 4.78 is 10.9. The third-order valence-electron chi connectivity index (χ3n) is 4.41. The molecule has 0 spiro atoms.